The summed E-state index contributed by atoms with van der Waals surface area (Å²) in [4.78, 5) is 2.52. The van der Waals surface area contributed by atoms with Crippen LogP contribution in [0.25, 0.3) is 66.1 Å². The van der Waals surface area contributed by atoms with E-state index >= 15 is 0 Å². The molecule has 0 radical (unpaired) electrons. The summed E-state index contributed by atoms with van der Waals surface area (Å²) in [7, 11) is 0. The van der Waals surface area contributed by atoms with E-state index in [1.165, 1.54) is 60.8 Å². The number of nitrogens with zero attached hydrogens (tertiary/aromatic N) is 1. The lowest BCUT2D eigenvalue weighted by molar-refractivity contribution is 0.589. The van der Waals surface area contributed by atoms with E-state index in [4.69, 9.17) is 4.42 Å². The van der Waals surface area contributed by atoms with E-state index in [-0.39, 0.29) is 16.2 Å². The lowest BCUT2D eigenvalue weighted by Gasteiger charge is -2.31. The van der Waals surface area contributed by atoms with Gasteiger partial charge in [-0.05, 0) is 103 Å². The van der Waals surface area contributed by atoms with Crippen LogP contribution in [0.4, 0.5) is 17.1 Å². The molecule has 0 bridgehead atoms. The van der Waals surface area contributed by atoms with Gasteiger partial charge in [0.25, 0.3) is 0 Å². The molecule has 0 atom stereocenters. The second kappa shape index (κ2) is 12.1. The summed E-state index contributed by atoms with van der Waals surface area (Å²) in [6.07, 6.45) is 0. The van der Waals surface area contributed by atoms with Crippen LogP contribution in [0.2, 0.25) is 0 Å². The van der Waals surface area contributed by atoms with Crippen molar-refractivity contribution in [3.05, 3.63) is 186 Å². The minimum Gasteiger partial charge on any atom is -0.455 e. The first kappa shape index (κ1) is 34.8. The molecule has 1 heterocycles. The van der Waals surface area contributed by atoms with Gasteiger partial charge in [0.1, 0.15) is 11.2 Å². The fraction of sp³-hybridized carbons (Fsp3) is 0.179. The van der Waals surface area contributed by atoms with Crippen LogP contribution < -0.4 is 4.90 Å². The van der Waals surface area contributed by atoms with Gasteiger partial charge >= 0.3 is 0 Å². The van der Waals surface area contributed by atoms with E-state index in [0.717, 1.165) is 50.1 Å². The van der Waals surface area contributed by atoms with E-state index in [1.807, 2.05) is 0 Å². The Morgan fingerprint density at radius 3 is 1.93 bits per heavy atom. The maximum absolute atomic E-state index is 6.80. The highest BCUT2D eigenvalue weighted by Gasteiger charge is 2.40. The Morgan fingerprint density at radius 1 is 0.448 bits per heavy atom. The zero-order chi connectivity index (χ0) is 39.7. The summed E-state index contributed by atoms with van der Waals surface area (Å²) < 4.78 is 6.80. The first-order valence-corrected chi connectivity index (χ1v) is 20.7. The molecule has 0 aliphatic heterocycles. The third kappa shape index (κ3) is 4.84. The molecule has 2 aliphatic carbocycles. The van der Waals surface area contributed by atoms with Crippen molar-refractivity contribution in [2.24, 2.45) is 0 Å². The summed E-state index contributed by atoms with van der Waals surface area (Å²) >= 11 is 0. The Kier molecular flexibility index (Phi) is 7.25. The Morgan fingerprint density at radius 2 is 1.09 bits per heavy atom. The van der Waals surface area contributed by atoms with Gasteiger partial charge in [0.05, 0.1) is 5.69 Å². The molecule has 0 fully saturated rings. The van der Waals surface area contributed by atoms with Crippen molar-refractivity contribution >= 4 is 49.8 Å². The maximum Gasteiger partial charge on any atom is 0.143 e. The Hall–Kier alpha value is -6.38. The topological polar surface area (TPSA) is 16.4 Å². The van der Waals surface area contributed by atoms with Crippen LogP contribution in [0.15, 0.2) is 162 Å². The van der Waals surface area contributed by atoms with Crippen molar-refractivity contribution in [3.8, 4) is 33.4 Å². The molecule has 0 N–H and O–H groups in total. The maximum atomic E-state index is 6.80. The van der Waals surface area contributed by atoms with Crippen molar-refractivity contribution < 1.29 is 4.42 Å². The van der Waals surface area contributed by atoms with Gasteiger partial charge < -0.3 is 9.32 Å². The molecule has 2 heteroatoms. The molecule has 0 saturated carbocycles. The van der Waals surface area contributed by atoms with Gasteiger partial charge in [0.2, 0.25) is 0 Å². The monoisotopic (exact) mass is 749 g/mol. The van der Waals surface area contributed by atoms with Crippen molar-refractivity contribution in [2.45, 2.75) is 64.7 Å². The summed E-state index contributed by atoms with van der Waals surface area (Å²) in [6, 6.07) is 58.7. The second-order valence-electron chi connectivity index (χ2n) is 18.5. The molecule has 11 rings (SSSR count). The molecule has 282 valence electrons. The predicted molar refractivity (Wildman–Crippen MR) is 245 cm³/mol. The van der Waals surface area contributed by atoms with Gasteiger partial charge in [-0.15, -0.1) is 0 Å². The van der Waals surface area contributed by atoms with Gasteiger partial charge in [0, 0.05) is 44.1 Å². The molecule has 0 amide bonds. The molecular weight excluding hydrogens is 703 g/mol. The van der Waals surface area contributed by atoms with Crippen molar-refractivity contribution in [2.75, 3.05) is 4.90 Å². The number of rotatable bonds is 4. The van der Waals surface area contributed by atoms with Crippen LogP contribution in [-0.4, -0.2) is 0 Å². The molecule has 1 aromatic heterocycles. The van der Waals surface area contributed by atoms with Crippen LogP contribution >= 0.6 is 0 Å². The van der Waals surface area contributed by atoms with Gasteiger partial charge in [-0.1, -0.05) is 170 Å². The Balaban J connectivity index is 1.22. The summed E-state index contributed by atoms with van der Waals surface area (Å²) in [5.74, 6) is 0. The first-order chi connectivity index (χ1) is 27.9. The smallest absolute Gasteiger partial charge is 0.143 e. The second-order valence-corrected chi connectivity index (χ2v) is 18.5. The highest BCUT2D eigenvalue weighted by molar-refractivity contribution is 6.15. The van der Waals surface area contributed by atoms with E-state index in [9.17, 15) is 0 Å². The molecule has 8 aromatic carbocycles. The fourth-order valence-electron chi connectivity index (χ4n) is 10.5. The highest BCUT2D eigenvalue weighted by Crippen LogP contribution is 2.56. The lowest BCUT2D eigenvalue weighted by atomic mass is 9.79. The van der Waals surface area contributed by atoms with E-state index in [2.05, 4.69) is 211 Å². The van der Waals surface area contributed by atoms with Gasteiger partial charge in [-0.3, -0.25) is 0 Å². The minimum absolute atomic E-state index is 0.0138. The van der Waals surface area contributed by atoms with Gasteiger partial charge in [0.15, 0.2) is 0 Å². The first-order valence-electron chi connectivity index (χ1n) is 20.7. The molecule has 0 saturated heterocycles. The molecule has 58 heavy (non-hydrogen) atoms. The average molecular weight is 750 g/mol. The van der Waals surface area contributed by atoms with Crippen molar-refractivity contribution in [3.63, 3.8) is 0 Å². The minimum atomic E-state index is -0.180. The molecular formula is C56H47NO. The summed E-state index contributed by atoms with van der Waals surface area (Å²) in [6.45, 7) is 16.5. The Labute approximate surface area is 341 Å². The molecule has 2 nitrogen and oxygen atoms in total. The predicted octanol–water partition coefficient (Wildman–Crippen LogP) is 15.8. The van der Waals surface area contributed by atoms with Crippen LogP contribution in [0.1, 0.15) is 76.3 Å². The van der Waals surface area contributed by atoms with Gasteiger partial charge in [-0.2, -0.15) is 0 Å². The SMILES string of the molecule is CC(C)(C)c1cccc2c1-c1ccc(N(c3ccc4c(c3)-c3ccccc3C4(C)C)c3ccc4ccccc4c3-c3cccc4c3oc3ccccc34)cc1C2(C)C. The highest BCUT2D eigenvalue weighted by atomic mass is 16.3. The number of anilines is 3. The van der Waals surface area contributed by atoms with Crippen LogP contribution in [0, 0.1) is 0 Å². The third-order valence-electron chi connectivity index (χ3n) is 13.4. The Bertz CT molecular complexity index is 3170. The molecule has 0 spiro atoms. The lowest BCUT2D eigenvalue weighted by Crippen LogP contribution is -2.18. The normalized spacial score (nSPS) is 14.7. The van der Waals surface area contributed by atoms with Crippen LogP contribution in [0.3, 0.4) is 0 Å². The van der Waals surface area contributed by atoms with Crippen molar-refractivity contribution in [1.82, 2.24) is 0 Å². The zero-order valence-corrected chi connectivity index (χ0v) is 34.4. The number of hydrogen-bond acceptors (Lipinski definition) is 2. The third-order valence-corrected chi connectivity index (χ3v) is 13.4. The number of para-hydroxylation sites is 2. The molecule has 9 aromatic rings. The summed E-state index contributed by atoms with van der Waals surface area (Å²) in [5.41, 5.74) is 19.4. The number of benzene rings is 8. The molecule has 2 aliphatic rings. The van der Waals surface area contributed by atoms with Crippen LogP contribution in [-0.2, 0) is 16.2 Å². The van der Waals surface area contributed by atoms with E-state index in [1.54, 1.807) is 0 Å². The average Bonchev–Trinajstić information content (AvgIpc) is 3.80. The van der Waals surface area contributed by atoms with Crippen LogP contribution in [0.5, 0.6) is 0 Å². The zero-order valence-electron chi connectivity index (χ0n) is 34.4. The largest absolute Gasteiger partial charge is 0.455 e. The standard InChI is InChI=1S/C56H47NO/c1-54(2,3)46-23-15-24-47-52(46)41-29-27-36(33-48(41)56(47,6)7)57(35-28-30-45-43(32-35)38-18-10-12-22-44(38)55(45,4)5)49-31-26-34-16-8-9-17-37(34)51(49)42-21-14-20-40-39-19-11-13-25-50(39)58-53(40)42/h8-33H,1-7H3. The van der Waals surface area contributed by atoms with E-state index in [0.29, 0.717) is 0 Å². The van der Waals surface area contributed by atoms with Gasteiger partial charge in [-0.25, -0.2) is 0 Å². The summed E-state index contributed by atoms with van der Waals surface area (Å²) in [5, 5.41) is 4.64. The number of fused-ring (bicyclic) bond motifs is 10. The molecule has 0 unspecified atom stereocenters. The number of hydrogen-bond donors (Lipinski definition) is 0. The van der Waals surface area contributed by atoms with E-state index < -0.39 is 0 Å². The quantitative estimate of drug-likeness (QED) is 0.178. The number of furan rings is 1. The van der Waals surface area contributed by atoms with Crippen molar-refractivity contribution in [1.29, 1.82) is 0 Å². The fourth-order valence-corrected chi connectivity index (χ4v) is 10.5.